The van der Waals surface area contributed by atoms with Gasteiger partial charge in [0.05, 0.1) is 0 Å². The zero-order chi connectivity index (χ0) is 14.9. The second-order valence-electron chi connectivity index (χ2n) is 6.95. The Labute approximate surface area is 122 Å². The fourth-order valence-corrected chi connectivity index (χ4v) is 2.71. The van der Waals surface area contributed by atoms with Gasteiger partial charge >= 0.3 is 0 Å². The molecule has 3 heteroatoms. The first-order chi connectivity index (χ1) is 9.29. The highest BCUT2D eigenvalue weighted by Crippen LogP contribution is 2.23. The topological polar surface area (TPSA) is 23.6 Å². The summed E-state index contributed by atoms with van der Waals surface area (Å²) in [4.78, 5) is 16.7. The standard InChI is InChI=1S/C17H26N2O/c1-17(2,3)14-8-6-13(7-9-14)16(20)19(5)15-10-11-18(4)12-15/h6-9,15H,10-12H2,1-5H3. The van der Waals surface area contributed by atoms with Gasteiger partial charge in [-0.15, -0.1) is 0 Å². The maximum absolute atomic E-state index is 12.5. The number of amides is 1. The first-order valence-corrected chi connectivity index (χ1v) is 7.35. The lowest BCUT2D eigenvalue weighted by Gasteiger charge is -2.25. The van der Waals surface area contributed by atoms with Gasteiger partial charge in [-0.05, 0) is 43.1 Å². The molecule has 110 valence electrons. The summed E-state index contributed by atoms with van der Waals surface area (Å²) in [5.74, 6) is 0.130. The van der Waals surface area contributed by atoms with Crippen LogP contribution in [0.2, 0.25) is 0 Å². The third-order valence-corrected chi connectivity index (χ3v) is 4.23. The monoisotopic (exact) mass is 274 g/mol. The Morgan fingerprint density at radius 2 is 1.85 bits per heavy atom. The summed E-state index contributed by atoms with van der Waals surface area (Å²) < 4.78 is 0. The molecule has 1 amide bonds. The zero-order valence-corrected chi connectivity index (χ0v) is 13.3. The van der Waals surface area contributed by atoms with Crippen molar-refractivity contribution in [3.8, 4) is 0 Å². The Balaban J connectivity index is 2.09. The lowest BCUT2D eigenvalue weighted by molar-refractivity contribution is 0.0737. The van der Waals surface area contributed by atoms with E-state index in [1.165, 1.54) is 5.56 Å². The number of rotatable bonds is 2. The third kappa shape index (κ3) is 3.21. The van der Waals surface area contributed by atoms with Gasteiger partial charge in [-0.3, -0.25) is 4.79 Å². The minimum atomic E-state index is 0.127. The highest BCUT2D eigenvalue weighted by Gasteiger charge is 2.27. The highest BCUT2D eigenvalue weighted by molar-refractivity contribution is 5.94. The van der Waals surface area contributed by atoms with E-state index in [2.05, 4.69) is 44.9 Å². The second kappa shape index (κ2) is 5.57. The van der Waals surface area contributed by atoms with Crippen LogP contribution in [0.4, 0.5) is 0 Å². The molecule has 0 N–H and O–H groups in total. The molecule has 1 unspecified atom stereocenters. The van der Waals surface area contributed by atoms with Gasteiger partial charge < -0.3 is 9.80 Å². The van der Waals surface area contributed by atoms with Crippen LogP contribution in [0.15, 0.2) is 24.3 Å². The fourth-order valence-electron chi connectivity index (χ4n) is 2.71. The molecule has 0 aromatic heterocycles. The summed E-state index contributed by atoms with van der Waals surface area (Å²) in [5, 5.41) is 0. The van der Waals surface area contributed by atoms with Gasteiger partial charge in [0.15, 0.2) is 0 Å². The molecule has 20 heavy (non-hydrogen) atoms. The minimum Gasteiger partial charge on any atom is -0.337 e. The van der Waals surface area contributed by atoms with Crippen molar-refractivity contribution in [3.05, 3.63) is 35.4 Å². The van der Waals surface area contributed by atoms with Crippen LogP contribution in [0, 0.1) is 0 Å². The van der Waals surface area contributed by atoms with E-state index in [9.17, 15) is 4.79 Å². The predicted octanol–water partition coefficient (Wildman–Crippen LogP) is 2.76. The Bertz CT molecular complexity index is 473. The summed E-state index contributed by atoms with van der Waals surface area (Å²) in [6, 6.07) is 8.40. The van der Waals surface area contributed by atoms with Crippen molar-refractivity contribution in [2.45, 2.75) is 38.6 Å². The summed E-state index contributed by atoms with van der Waals surface area (Å²) in [6.07, 6.45) is 1.07. The normalized spacial score (nSPS) is 20.1. The molecule has 0 saturated carbocycles. The molecule has 2 rings (SSSR count). The predicted molar refractivity (Wildman–Crippen MR) is 83.1 cm³/mol. The van der Waals surface area contributed by atoms with Gasteiger partial charge in [0, 0.05) is 25.2 Å². The molecule has 1 heterocycles. The van der Waals surface area contributed by atoms with Crippen molar-refractivity contribution in [2.24, 2.45) is 0 Å². The van der Waals surface area contributed by atoms with Gasteiger partial charge in [-0.1, -0.05) is 32.9 Å². The summed E-state index contributed by atoms with van der Waals surface area (Å²) in [7, 11) is 4.03. The second-order valence-corrected chi connectivity index (χ2v) is 6.95. The number of likely N-dealkylation sites (tertiary alicyclic amines) is 1. The van der Waals surface area contributed by atoms with E-state index in [4.69, 9.17) is 0 Å². The highest BCUT2D eigenvalue weighted by atomic mass is 16.2. The molecule has 1 atom stereocenters. The molecule has 1 saturated heterocycles. The van der Waals surface area contributed by atoms with E-state index in [0.717, 1.165) is 25.1 Å². The first kappa shape index (κ1) is 15.0. The maximum atomic E-state index is 12.5. The molecular weight excluding hydrogens is 248 g/mol. The molecule has 0 spiro atoms. The number of hydrogen-bond donors (Lipinski definition) is 0. The Hall–Kier alpha value is -1.35. The van der Waals surface area contributed by atoms with Crippen LogP contribution in [-0.4, -0.2) is 48.9 Å². The number of carbonyl (C=O) groups is 1. The van der Waals surface area contributed by atoms with E-state index in [-0.39, 0.29) is 11.3 Å². The molecule has 1 aliphatic rings. The Kier molecular flexibility index (Phi) is 4.19. The fraction of sp³-hybridized carbons (Fsp3) is 0.588. The minimum absolute atomic E-state index is 0.127. The van der Waals surface area contributed by atoms with E-state index >= 15 is 0 Å². The number of benzene rings is 1. The lowest BCUT2D eigenvalue weighted by Crippen LogP contribution is -2.38. The molecule has 1 fully saturated rings. The molecule has 1 aromatic rings. The van der Waals surface area contributed by atoms with Gasteiger partial charge in [-0.25, -0.2) is 0 Å². The maximum Gasteiger partial charge on any atom is 0.253 e. The van der Waals surface area contributed by atoms with Gasteiger partial charge in [0.25, 0.3) is 5.91 Å². The van der Waals surface area contributed by atoms with Crippen LogP contribution in [0.25, 0.3) is 0 Å². The smallest absolute Gasteiger partial charge is 0.253 e. The van der Waals surface area contributed by atoms with Crippen molar-refractivity contribution in [3.63, 3.8) is 0 Å². The first-order valence-electron chi connectivity index (χ1n) is 7.35. The molecule has 0 aliphatic carbocycles. The SMILES string of the molecule is CN1CCC(N(C)C(=O)c2ccc(C(C)(C)C)cc2)C1. The number of nitrogens with zero attached hydrogens (tertiary/aromatic N) is 2. The largest absolute Gasteiger partial charge is 0.337 e. The number of likely N-dealkylation sites (N-methyl/N-ethyl adjacent to an activating group) is 2. The van der Waals surface area contributed by atoms with Crippen molar-refractivity contribution in [2.75, 3.05) is 27.2 Å². The van der Waals surface area contributed by atoms with Crippen LogP contribution in [0.5, 0.6) is 0 Å². The lowest BCUT2D eigenvalue weighted by atomic mass is 9.86. The number of hydrogen-bond acceptors (Lipinski definition) is 2. The van der Waals surface area contributed by atoms with Crippen molar-refractivity contribution >= 4 is 5.91 Å². The summed E-state index contributed by atoms with van der Waals surface area (Å²) in [5.41, 5.74) is 2.18. The molecule has 1 aromatic carbocycles. The van der Waals surface area contributed by atoms with Crippen molar-refractivity contribution in [1.82, 2.24) is 9.80 Å². The van der Waals surface area contributed by atoms with E-state index in [1.807, 2.05) is 24.1 Å². The Morgan fingerprint density at radius 1 is 1.25 bits per heavy atom. The molecule has 0 radical (unpaired) electrons. The molecule has 1 aliphatic heterocycles. The average molecular weight is 274 g/mol. The average Bonchev–Trinajstić information content (AvgIpc) is 2.83. The van der Waals surface area contributed by atoms with Gasteiger partial charge in [-0.2, -0.15) is 0 Å². The van der Waals surface area contributed by atoms with Gasteiger partial charge in [0.2, 0.25) is 0 Å². The van der Waals surface area contributed by atoms with Crippen LogP contribution >= 0.6 is 0 Å². The van der Waals surface area contributed by atoms with Crippen molar-refractivity contribution < 1.29 is 4.79 Å². The van der Waals surface area contributed by atoms with Crippen LogP contribution in [-0.2, 0) is 5.41 Å². The summed E-state index contributed by atoms with van der Waals surface area (Å²) in [6.45, 7) is 8.60. The molecule has 0 bridgehead atoms. The zero-order valence-electron chi connectivity index (χ0n) is 13.3. The van der Waals surface area contributed by atoms with Crippen LogP contribution in [0.1, 0.15) is 43.1 Å². The third-order valence-electron chi connectivity index (χ3n) is 4.23. The van der Waals surface area contributed by atoms with Crippen LogP contribution in [0.3, 0.4) is 0 Å². The van der Waals surface area contributed by atoms with Gasteiger partial charge in [0.1, 0.15) is 0 Å². The summed E-state index contributed by atoms with van der Waals surface area (Å²) >= 11 is 0. The van der Waals surface area contributed by atoms with E-state index < -0.39 is 0 Å². The van der Waals surface area contributed by atoms with E-state index in [1.54, 1.807) is 0 Å². The quantitative estimate of drug-likeness (QED) is 0.828. The molecular formula is C17H26N2O. The van der Waals surface area contributed by atoms with Crippen molar-refractivity contribution in [1.29, 1.82) is 0 Å². The van der Waals surface area contributed by atoms with E-state index in [0.29, 0.717) is 6.04 Å². The number of carbonyl (C=O) groups excluding carboxylic acids is 1. The van der Waals surface area contributed by atoms with Crippen LogP contribution < -0.4 is 0 Å². The molecule has 3 nitrogen and oxygen atoms in total. The Morgan fingerprint density at radius 3 is 2.30 bits per heavy atom.